The summed E-state index contributed by atoms with van der Waals surface area (Å²) in [5.74, 6) is -2.94. The minimum Gasteiger partial charge on any atom is -0.545 e. The van der Waals surface area contributed by atoms with Crippen molar-refractivity contribution in [1.29, 1.82) is 0 Å². The number of nitrogens with one attached hydrogen (secondary N) is 1. The first kappa shape index (κ1) is 27.3. The third-order valence-electron chi connectivity index (χ3n) is 8.49. The number of aliphatic hydroxyl groups excluding tert-OH is 2. The molecule has 1 fully saturated rings. The Labute approximate surface area is 234 Å². The highest BCUT2D eigenvalue weighted by atomic mass is 16.7. The number of fused-ring (bicyclic) bond motifs is 6. The number of carboxylic acid groups (broad SMARTS) is 1. The second-order valence-corrected chi connectivity index (χ2v) is 11.0. The second kappa shape index (κ2) is 9.33. The molecule has 3 heterocycles. The van der Waals surface area contributed by atoms with Gasteiger partial charge in [0.25, 0.3) is 0 Å². The molecule has 5 N–H and O–H groups in total. The zero-order valence-corrected chi connectivity index (χ0v) is 22.5. The van der Waals surface area contributed by atoms with E-state index in [1.165, 1.54) is 13.0 Å². The van der Waals surface area contributed by atoms with E-state index >= 15 is 0 Å². The number of hydrogen-bond acceptors (Lipinski definition) is 10. The molecule has 0 saturated carbocycles. The molecule has 0 spiro atoms. The molecular weight excluding hydrogens is 534 g/mol. The summed E-state index contributed by atoms with van der Waals surface area (Å²) in [6.07, 6.45) is -3.22. The number of Topliss-reactive ketones (excluding diaryl/α,β-unsaturated/α-hetero) is 1. The molecule has 0 bridgehead atoms. The number of benzene rings is 1. The molecular formula is C30H29NO10. The summed E-state index contributed by atoms with van der Waals surface area (Å²) in [4.78, 5) is 40.2. The van der Waals surface area contributed by atoms with Gasteiger partial charge in [-0.2, -0.15) is 0 Å². The van der Waals surface area contributed by atoms with E-state index < -0.39 is 70.5 Å². The number of carbonyl (C=O) groups is 2. The number of allylic oxidation sites excluding steroid dienone is 3. The fraction of sp³-hybridized carbons (Fsp3) is 0.367. The molecule has 2 aromatic rings. The number of quaternary nitrogens is 1. The minimum absolute atomic E-state index is 0.0171. The average molecular weight is 564 g/mol. The molecule has 4 aliphatic rings. The van der Waals surface area contributed by atoms with Gasteiger partial charge in [-0.3, -0.25) is 14.5 Å². The number of ether oxygens (including phenoxy) is 2. The van der Waals surface area contributed by atoms with Gasteiger partial charge < -0.3 is 39.8 Å². The van der Waals surface area contributed by atoms with Crippen molar-refractivity contribution in [1.82, 2.24) is 0 Å². The highest BCUT2D eigenvalue weighted by molar-refractivity contribution is 6.28. The molecule has 11 heteroatoms. The summed E-state index contributed by atoms with van der Waals surface area (Å²) in [6.45, 7) is 5.22. The Balaban J connectivity index is 1.59. The molecule has 7 atom stereocenters. The van der Waals surface area contributed by atoms with Crippen LogP contribution in [0, 0.1) is 0 Å². The molecule has 0 aromatic heterocycles. The van der Waals surface area contributed by atoms with Crippen molar-refractivity contribution in [2.45, 2.75) is 69.9 Å². The normalized spacial score (nSPS) is 31.6. The van der Waals surface area contributed by atoms with Crippen LogP contribution in [0.1, 0.15) is 65.5 Å². The standard InChI is InChI=1S/C30H29NO10/c1-4-7-18-21-15(10-12(2)31(18)17-9-6-5-8-14(17)28(37)38)20-16(24(21)34)11-19(32)22-26(25(20)35)41-29-30(22,39)27(36)23(33)13(3)40-29/h5-6,8-13,23,27,29,33,35-36,39H,4,7H2,1-3H3,(H,37,38). The molecule has 1 aliphatic carbocycles. The van der Waals surface area contributed by atoms with E-state index in [4.69, 9.17) is 9.47 Å². The molecule has 7 unspecified atom stereocenters. The van der Waals surface area contributed by atoms with Crippen molar-refractivity contribution in [2.24, 2.45) is 0 Å². The largest absolute Gasteiger partial charge is 0.545 e. The molecule has 11 nitrogen and oxygen atoms in total. The van der Waals surface area contributed by atoms with Crippen LogP contribution in [0.5, 0.6) is 11.5 Å². The Morgan fingerprint density at radius 2 is 1.88 bits per heavy atom. The van der Waals surface area contributed by atoms with Crippen molar-refractivity contribution < 1.29 is 49.5 Å². The van der Waals surface area contributed by atoms with E-state index in [9.17, 15) is 39.9 Å². The Morgan fingerprint density at radius 1 is 1.17 bits per heavy atom. The number of para-hydroxylation sites is 1. The number of aromatic hydroxyl groups is 1. The van der Waals surface area contributed by atoms with Gasteiger partial charge in [0.15, 0.2) is 28.3 Å². The Hall–Kier alpha value is -3.87. The number of carbonyl (C=O) groups excluding carboxylic acids is 2. The van der Waals surface area contributed by atoms with Gasteiger partial charge in [-0.15, -0.1) is 0 Å². The molecule has 1 saturated heterocycles. The summed E-state index contributed by atoms with van der Waals surface area (Å²) in [5.41, 5.74) is -2.40. The molecule has 3 aliphatic heterocycles. The topological polar surface area (TPSA) is 178 Å². The van der Waals surface area contributed by atoms with Crippen LogP contribution in [0.4, 0.5) is 5.69 Å². The van der Waals surface area contributed by atoms with Gasteiger partial charge in [0.05, 0.1) is 28.8 Å². The molecule has 41 heavy (non-hydrogen) atoms. The maximum atomic E-state index is 14.0. The first-order valence-electron chi connectivity index (χ1n) is 13.5. The third kappa shape index (κ3) is 3.60. The Bertz CT molecular complexity index is 1640. The van der Waals surface area contributed by atoms with Gasteiger partial charge in [0, 0.05) is 29.2 Å². The summed E-state index contributed by atoms with van der Waals surface area (Å²) >= 11 is 0. The van der Waals surface area contributed by atoms with Gasteiger partial charge in [-0.05, 0) is 38.5 Å². The van der Waals surface area contributed by atoms with Crippen LogP contribution in [-0.2, 0) is 10.3 Å². The van der Waals surface area contributed by atoms with Crippen molar-refractivity contribution >= 4 is 23.0 Å². The third-order valence-corrected chi connectivity index (χ3v) is 8.49. The smallest absolute Gasteiger partial charge is 0.236 e. The average Bonchev–Trinajstić information content (AvgIpc) is 3.34. The quantitative estimate of drug-likeness (QED) is 0.323. The fourth-order valence-corrected chi connectivity index (χ4v) is 6.62. The SMILES string of the molecule is CCCC1=C2C(=O)c3cc(=O)c4c(c(O)c3C2=CC(C)[NH+]1c1ccccc1C(=O)[O-])OC1OC(C)C(O)C(O)C41O. The van der Waals surface area contributed by atoms with Crippen molar-refractivity contribution in [3.63, 3.8) is 0 Å². The maximum Gasteiger partial charge on any atom is 0.236 e. The Morgan fingerprint density at radius 3 is 2.56 bits per heavy atom. The second-order valence-electron chi connectivity index (χ2n) is 11.0. The number of hydrogen-bond donors (Lipinski definition) is 5. The lowest BCUT2D eigenvalue weighted by Crippen LogP contribution is -3.09. The molecule has 214 valence electrons. The van der Waals surface area contributed by atoms with Crippen molar-refractivity contribution in [3.05, 3.63) is 80.2 Å². The van der Waals surface area contributed by atoms with Crippen LogP contribution in [0.3, 0.4) is 0 Å². The number of aromatic carboxylic acids is 1. The fourth-order valence-electron chi connectivity index (χ4n) is 6.62. The van der Waals surface area contributed by atoms with Crippen LogP contribution in [0.15, 0.2) is 52.5 Å². The van der Waals surface area contributed by atoms with Gasteiger partial charge in [-0.25, -0.2) is 0 Å². The molecule has 6 rings (SSSR count). The van der Waals surface area contributed by atoms with E-state index in [-0.39, 0.29) is 22.3 Å². The molecule has 2 aromatic carbocycles. The molecule has 0 radical (unpaired) electrons. The summed E-state index contributed by atoms with van der Waals surface area (Å²) < 4.78 is 11.3. The van der Waals surface area contributed by atoms with Crippen LogP contribution in [0.25, 0.3) is 5.57 Å². The first-order chi connectivity index (χ1) is 19.4. The highest BCUT2D eigenvalue weighted by Gasteiger charge is 2.63. The predicted molar refractivity (Wildman–Crippen MR) is 140 cm³/mol. The van der Waals surface area contributed by atoms with Gasteiger partial charge in [0.2, 0.25) is 6.29 Å². The highest BCUT2D eigenvalue weighted by Crippen LogP contribution is 2.54. The van der Waals surface area contributed by atoms with E-state index in [2.05, 4.69) is 0 Å². The summed E-state index contributed by atoms with van der Waals surface area (Å²) in [6, 6.07) is 6.98. The number of aliphatic hydroxyl groups is 3. The minimum atomic E-state index is -2.50. The number of carboxylic acids is 1. The maximum absolute atomic E-state index is 14.0. The van der Waals surface area contributed by atoms with Crippen molar-refractivity contribution in [2.75, 3.05) is 0 Å². The van der Waals surface area contributed by atoms with E-state index in [1.807, 2.05) is 13.8 Å². The monoisotopic (exact) mass is 563 g/mol. The van der Waals surface area contributed by atoms with E-state index in [0.717, 1.165) is 6.07 Å². The van der Waals surface area contributed by atoms with Crippen LogP contribution >= 0.6 is 0 Å². The zero-order chi connectivity index (χ0) is 29.5. The predicted octanol–water partition coefficient (Wildman–Crippen LogP) is -0.585. The summed E-state index contributed by atoms with van der Waals surface area (Å²) in [5, 5.41) is 56.2. The van der Waals surface area contributed by atoms with Crippen molar-refractivity contribution in [3.8, 4) is 11.5 Å². The van der Waals surface area contributed by atoms with Gasteiger partial charge >= 0.3 is 0 Å². The van der Waals surface area contributed by atoms with Gasteiger partial charge in [0.1, 0.15) is 29.6 Å². The van der Waals surface area contributed by atoms with Crippen LogP contribution < -0.4 is 20.2 Å². The van der Waals surface area contributed by atoms with Crippen LogP contribution in [0.2, 0.25) is 0 Å². The lowest BCUT2D eigenvalue weighted by atomic mass is 9.82. The lowest BCUT2D eigenvalue weighted by molar-refractivity contribution is -0.812. The number of rotatable bonds is 4. The number of ketones is 1. The molecule has 0 amide bonds. The zero-order valence-electron chi connectivity index (χ0n) is 22.5. The van der Waals surface area contributed by atoms with E-state index in [1.54, 1.807) is 24.3 Å². The lowest BCUT2D eigenvalue weighted by Gasteiger charge is -2.42. The Kier molecular flexibility index (Phi) is 6.21. The van der Waals surface area contributed by atoms with Crippen LogP contribution in [-0.4, -0.2) is 62.8 Å². The van der Waals surface area contributed by atoms with Gasteiger partial charge in [-0.1, -0.05) is 19.1 Å². The summed E-state index contributed by atoms with van der Waals surface area (Å²) in [7, 11) is 0. The van der Waals surface area contributed by atoms with E-state index in [0.29, 0.717) is 34.7 Å². The first-order valence-corrected chi connectivity index (χ1v) is 13.5.